The van der Waals surface area contributed by atoms with Crippen LogP contribution in [0.4, 0.5) is 0 Å². The van der Waals surface area contributed by atoms with Gasteiger partial charge in [0.25, 0.3) is 0 Å². The molecule has 0 saturated carbocycles. The third-order valence-corrected chi connectivity index (χ3v) is 6.97. The Morgan fingerprint density at radius 3 is 1.90 bits per heavy atom. The highest BCUT2D eigenvalue weighted by molar-refractivity contribution is 6.04. The lowest BCUT2D eigenvalue weighted by atomic mass is 10.0. The molecule has 7 aromatic rings. The van der Waals surface area contributed by atoms with Crippen LogP contribution in [0.3, 0.4) is 0 Å². The van der Waals surface area contributed by atoms with Crippen molar-refractivity contribution in [3.63, 3.8) is 0 Å². The molecule has 0 saturated heterocycles. The molecule has 6 nitrogen and oxygen atoms in total. The predicted octanol–water partition coefficient (Wildman–Crippen LogP) is 7.65. The Hall–Kier alpha value is -5.36. The standard InChI is InChI=1S/C34H24N6/c1-21-20-22(2)36-31-27(21)17-15-24-16-18-28(37-30(24)31)23-11-13-26(14-12-23)33-38-32(25-8-4-3-5-9-25)39-34(40-33)29-10-6-7-19-35-29/h3-20H,1-2H3. The van der Waals surface area contributed by atoms with Crippen LogP contribution in [0.5, 0.6) is 0 Å². The summed E-state index contributed by atoms with van der Waals surface area (Å²) in [5, 5.41) is 2.21. The van der Waals surface area contributed by atoms with Crippen LogP contribution < -0.4 is 0 Å². The van der Waals surface area contributed by atoms with Gasteiger partial charge in [-0.3, -0.25) is 9.97 Å². The minimum atomic E-state index is 0.537. The molecule has 7 rings (SSSR count). The van der Waals surface area contributed by atoms with Crippen molar-refractivity contribution in [3.8, 4) is 45.6 Å². The quantitative estimate of drug-likeness (QED) is 0.224. The molecule has 4 heterocycles. The lowest BCUT2D eigenvalue weighted by Crippen LogP contribution is -2.01. The Morgan fingerprint density at radius 2 is 1.15 bits per heavy atom. The molecule has 0 spiro atoms. The molecular formula is C34H24N6. The average molecular weight is 517 g/mol. The molecular weight excluding hydrogens is 492 g/mol. The fraction of sp³-hybridized carbons (Fsp3) is 0.0588. The summed E-state index contributed by atoms with van der Waals surface area (Å²) in [5.41, 5.74) is 8.46. The molecule has 0 radical (unpaired) electrons. The average Bonchev–Trinajstić information content (AvgIpc) is 3.01. The van der Waals surface area contributed by atoms with E-state index < -0.39 is 0 Å². The van der Waals surface area contributed by atoms with Gasteiger partial charge in [-0.05, 0) is 43.7 Å². The topological polar surface area (TPSA) is 77.3 Å². The fourth-order valence-electron chi connectivity index (χ4n) is 4.99. The number of fused-ring (bicyclic) bond motifs is 3. The highest BCUT2D eigenvalue weighted by Gasteiger charge is 2.14. The van der Waals surface area contributed by atoms with E-state index in [2.05, 4.69) is 54.4 Å². The fourth-order valence-corrected chi connectivity index (χ4v) is 4.99. The molecule has 0 fully saturated rings. The van der Waals surface area contributed by atoms with Gasteiger partial charge in [0.1, 0.15) is 5.69 Å². The van der Waals surface area contributed by atoms with Crippen molar-refractivity contribution in [2.24, 2.45) is 0 Å². The van der Waals surface area contributed by atoms with E-state index in [9.17, 15) is 0 Å². The van der Waals surface area contributed by atoms with Gasteiger partial charge in [-0.2, -0.15) is 0 Å². The molecule has 190 valence electrons. The maximum absolute atomic E-state index is 5.05. The number of rotatable bonds is 4. The van der Waals surface area contributed by atoms with Crippen LogP contribution >= 0.6 is 0 Å². The first-order valence-corrected chi connectivity index (χ1v) is 13.1. The molecule has 0 amide bonds. The molecule has 0 unspecified atom stereocenters. The van der Waals surface area contributed by atoms with Gasteiger partial charge in [0.05, 0.1) is 16.7 Å². The zero-order valence-electron chi connectivity index (χ0n) is 22.1. The molecule has 0 N–H and O–H groups in total. The SMILES string of the molecule is Cc1cc(C)c2ccc3ccc(-c4ccc(-c5nc(-c6ccccc6)nc(-c6ccccn6)n5)cc4)nc3c2n1. The number of hydrogen-bond acceptors (Lipinski definition) is 6. The molecule has 0 aliphatic carbocycles. The van der Waals surface area contributed by atoms with Crippen molar-refractivity contribution >= 4 is 21.8 Å². The Kier molecular flexibility index (Phi) is 5.78. The molecule has 40 heavy (non-hydrogen) atoms. The van der Waals surface area contributed by atoms with Crippen molar-refractivity contribution in [1.29, 1.82) is 0 Å². The molecule has 0 atom stereocenters. The van der Waals surface area contributed by atoms with Crippen LogP contribution in [0.2, 0.25) is 0 Å². The maximum Gasteiger partial charge on any atom is 0.182 e. The largest absolute Gasteiger partial charge is 0.253 e. The van der Waals surface area contributed by atoms with Crippen molar-refractivity contribution in [1.82, 2.24) is 29.9 Å². The number of benzene rings is 3. The molecule has 3 aromatic carbocycles. The van der Waals surface area contributed by atoms with Gasteiger partial charge in [-0.15, -0.1) is 0 Å². The lowest BCUT2D eigenvalue weighted by molar-refractivity contribution is 1.06. The van der Waals surface area contributed by atoms with Gasteiger partial charge in [0.2, 0.25) is 0 Å². The zero-order chi connectivity index (χ0) is 27.1. The van der Waals surface area contributed by atoms with Gasteiger partial charge in [0.15, 0.2) is 17.5 Å². The first-order valence-electron chi connectivity index (χ1n) is 13.1. The monoisotopic (exact) mass is 516 g/mol. The molecule has 0 bridgehead atoms. The number of nitrogens with zero attached hydrogens (tertiary/aromatic N) is 6. The van der Waals surface area contributed by atoms with E-state index in [1.54, 1.807) is 6.20 Å². The second-order valence-electron chi connectivity index (χ2n) is 9.78. The van der Waals surface area contributed by atoms with Gasteiger partial charge in [-0.1, -0.05) is 78.9 Å². The van der Waals surface area contributed by atoms with Crippen molar-refractivity contribution in [2.75, 3.05) is 0 Å². The van der Waals surface area contributed by atoms with Crippen LogP contribution in [0.1, 0.15) is 11.3 Å². The number of aryl methyl sites for hydroxylation is 2. The predicted molar refractivity (Wildman–Crippen MR) is 159 cm³/mol. The van der Waals surface area contributed by atoms with E-state index >= 15 is 0 Å². The lowest BCUT2D eigenvalue weighted by Gasteiger charge is -2.10. The Balaban J connectivity index is 1.31. The van der Waals surface area contributed by atoms with Crippen LogP contribution in [-0.4, -0.2) is 29.9 Å². The Labute approximate surface area is 231 Å². The molecule has 6 heteroatoms. The summed E-state index contributed by atoms with van der Waals surface area (Å²) in [6, 6.07) is 34.4. The molecule has 0 aliphatic heterocycles. The number of hydrogen-bond donors (Lipinski definition) is 0. The van der Waals surface area contributed by atoms with Gasteiger partial charge < -0.3 is 0 Å². The second-order valence-corrected chi connectivity index (χ2v) is 9.78. The van der Waals surface area contributed by atoms with Crippen molar-refractivity contribution in [2.45, 2.75) is 13.8 Å². The second kappa shape index (κ2) is 9.75. The van der Waals surface area contributed by atoms with E-state index in [1.165, 1.54) is 5.56 Å². The zero-order valence-corrected chi connectivity index (χ0v) is 22.1. The summed E-state index contributed by atoms with van der Waals surface area (Å²) in [7, 11) is 0. The van der Waals surface area contributed by atoms with Crippen LogP contribution in [0, 0.1) is 13.8 Å². The van der Waals surface area contributed by atoms with Crippen molar-refractivity contribution in [3.05, 3.63) is 121 Å². The van der Waals surface area contributed by atoms with Crippen LogP contribution in [-0.2, 0) is 0 Å². The van der Waals surface area contributed by atoms with E-state index in [-0.39, 0.29) is 0 Å². The first-order chi connectivity index (χ1) is 19.6. The minimum absolute atomic E-state index is 0.537. The minimum Gasteiger partial charge on any atom is -0.253 e. The summed E-state index contributed by atoms with van der Waals surface area (Å²) in [6.45, 7) is 4.15. The van der Waals surface area contributed by atoms with Crippen LogP contribution in [0.25, 0.3) is 67.4 Å². The van der Waals surface area contributed by atoms with E-state index in [1.807, 2.05) is 67.6 Å². The highest BCUT2D eigenvalue weighted by atomic mass is 15.0. The molecule has 4 aromatic heterocycles. The van der Waals surface area contributed by atoms with E-state index in [4.69, 9.17) is 24.9 Å². The smallest absolute Gasteiger partial charge is 0.182 e. The molecule has 0 aliphatic rings. The van der Waals surface area contributed by atoms with Gasteiger partial charge in [0, 0.05) is 39.4 Å². The third-order valence-electron chi connectivity index (χ3n) is 6.97. The van der Waals surface area contributed by atoms with Crippen molar-refractivity contribution < 1.29 is 0 Å². The summed E-state index contributed by atoms with van der Waals surface area (Å²) in [6.07, 6.45) is 1.74. The van der Waals surface area contributed by atoms with E-state index in [0.29, 0.717) is 23.2 Å². The number of pyridine rings is 3. The summed E-state index contributed by atoms with van der Waals surface area (Å²) < 4.78 is 0. The van der Waals surface area contributed by atoms with Gasteiger partial charge >= 0.3 is 0 Å². The third kappa shape index (κ3) is 4.35. The normalized spacial score (nSPS) is 11.2. The highest BCUT2D eigenvalue weighted by Crippen LogP contribution is 2.30. The summed E-state index contributed by atoms with van der Waals surface area (Å²) in [4.78, 5) is 28.7. The Morgan fingerprint density at radius 1 is 0.475 bits per heavy atom. The first kappa shape index (κ1) is 23.7. The summed E-state index contributed by atoms with van der Waals surface area (Å²) in [5.74, 6) is 1.74. The summed E-state index contributed by atoms with van der Waals surface area (Å²) >= 11 is 0. The van der Waals surface area contributed by atoms with Gasteiger partial charge in [-0.25, -0.2) is 19.9 Å². The van der Waals surface area contributed by atoms with E-state index in [0.717, 1.165) is 49.9 Å². The number of aromatic nitrogens is 6. The maximum atomic E-state index is 5.05. The van der Waals surface area contributed by atoms with Crippen LogP contribution in [0.15, 0.2) is 109 Å². The Bertz CT molecular complexity index is 1950.